The number of hydrogen-bond donors (Lipinski definition) is 0. The molecular weight excluding hydrogens is 316 g/mol. The van der Waals surface area contributed by atoms with Gasteiger partial charge in [0.25, 0.3) is 0 Å². The molecule has 0 amide bonds. The Kier molecular flexibility index (Phi) is 3.61. The van der Waals surface area contributed by atoms with Gasteiger partial charge < -0.3 is 9.14 Å². The first kappa shape index (κ1) is 15.2. The van der Waals surface area contributed by atoms with E-state index in [1.807, 2.05) is 53.2 Å². The molecule has 5 heteroatoms. The van der Waals surface area contributed by atoms with Crippen LogP contribution < -0.4 is 0 Å². The van der Waals surface area contributed by atoms with E-state index in [1.54, 1.807) is 29.5 Å². The van der Waals surface area contributed by atoms with Crippen LogP contribution >= 0.6 is 0 Å². The summed E-state index contributed by atoms with van der Waals surface area (Å²) in [6, 6.07) is 16.4. The van der Waals surface area contributed by atoms with Gasteiger partial charge in [0.1, 0.15) is 11.2 Å². The monoisotopic (exact) mass is 332 g/mol. The van der Waals surface area contributed by atoms with E-state index >= 15 is 0 Å². The third-order valence-electron chi connectivity index (χ3n) is 4.18. The van der Waals surface area contributed by atoms with Crippen LogP contribution in [0.25, 0.3) is 11.2 Å². The van der Waals surface area contributed by atoms with Crippen LogP contribution in [0.15, 0.2) is 67.0 Å². The zero-order valence-electron chi connectivity index (χ0n) is 13.7. The van der Waals surface area contributed by atoms with Crippen LogP contribution in [0.5, 0.6) is 0 Å². The first-order valence-electron chi connectivity index (χ1n) is 8.08. The number of carbonyl (C=O) groups is 2. The van der Waals surface area contributed by atoms with Crippen molar-refractivity contribution in [2.75, 3.05) is 6.61 Å². The molecule has 0 fully saturated rings. The molecule has 4 rings (SSSR count). The van der Waals surface area contributed by atoms with E-state index < -0.39 is 5.97 Å². The molecule has 124 valence electrons. The van der Waals surface area contributed by atoms with Crippen molar-refractivity contribution in [2.24, 2.45) is 0 Å². The summed E-state index contributed by atoms with van der Waals surface area (Å²) in [7, 11) is 0. The van der Waals surface area contributed by atoms with Crippen molar-refractivity contribution < 1.29 is 14.3 Å². The Labute approximate surface area is 144 Å². The van der Waals surface area contributed by atoms with E-state index in [0.717, 1.165) is 5.52 Å². The van der Waals surface area contributed by atoms with E-state index in [2.05, 4.69) is 0 Å². The normalized spacial score (nSPS) is 11.1. The van der Waals surface area contributed by atoms with Crippen LogP contribution in [0.2, 0.25) is 0 Å². The minimum Gasteiger partial charge on any atom is -0.462 e. The van der Waals surface area contributed by atoms with Crippen LogP contribution in [0.3, 0.4) is 0 Å². The number of esters is 1. The first-order valence-corrected chi connectivity index (χ1v) is 8.08. The number of ketones is 1. The van der Waals surface area contributed by atoms with Gasteiger partial charge in [-0.15, -0.1) is 0 Å². The number of ether oxygens (including phenoxy) is 1. The third kappa shape index (κ3) is 2.41. The molecular formula is C20H16N2O3. The lowest BCUT2D eigenvalue weighted by molar-refractivity contribution is 0.0528. The van der Waals surface area contributed by atoms with E-state index in [-0.39, 0.29) is 12.4 Å². The highest BCUT2D eigenvalue weighted by Gasteiger charge is 2.23. The summed E-state index contributed by atoms with van der Waals surface area (Å²) in [6.45, 7) is 2.04. The average molecular weight is 332 g/mol. The maximum Gasteiger partial charge on any atom is 0.341 e. The van der Waals surface area contributed by atoms with Gasteiger partial charge in [-0.25, -0.2) is 4.79 Å². The topological polar surface area (TPSA) is 52.2 Å². The van der Waals surface area contributed by atoms with Gasteiger partial charge >= 0.3 is 5.97 Å². The predicted molar refractivity (Wildman–Crippen MR) is 94.2 cm³/mol. The van der Waals surface area contributed by atoms with Gasteiger partial charge in [0.15, 0.2) is 0 Å². The van der Waals surface area contributed by atoms with Crippen LogP contribution in [0.4, 0.5) is 0 Å². The lowest BCUT2D eigenvalue weighted by Gasteiger charge is -2.06. The average Bonchev–Trinajstić information content (AvgIpc) is 3.26. The van der Waals surface area contributed by atoms with E-state index in [0.29, 0.717) is 22.5 Å². The third-order valence-corrected chi connectivity index (χ3v) is 4.18. The zero-order chi connectivity index (χ0) is 17.4. The Morgan fingerprint density at radius 1 is 0.960 bits per heavy atom. The zero-order valence-corrected chi connectivity index (χ0v) is 13.7. The van der Waals surface area contributed by atoms with Gasteiger partial charge in [-0.3, -0.25) is 9.20 Å². The highest BCUT2D eigenvalue weighted by Crippen LogP contribution is 2.23. The molecule has 4 aromatic rings. The largest absolute Gasteiger partial charge is 0.462 e. The minimum absolute atomic E-state index is 0.141. The maximum absolute atomic E-state index is 12.9. The van der Waals surface area contributed by atoms with Crippen LogP contribution in [-0.4, -0.2) is 27.2 Å². The van der Waals surface area contributed by atoms with E-state index in [9.17, 15) is 9.59 Å². The maximum atomic E-state index is 12.9. The summed E-state index contributed by atoms with van der Waals surface area (Å²) >= 11 is 0. The molecule has 0 radical (unpaired) electrons. The number of fused-ring (bicyclic) bond motifs is 3. The fraction of sp³-hybridized carbons (Fsp3) is 0.100. The summed E-state index contributed by atoms with van der Waals surface area (Å²) in [4.78, 5) is 25.4. The molecule has 5 nitrogen and oxygen atoms in total. The number of benzene rings is 1. The van der Waals surface area contributed by atoms with Crippen LogP contribution in [0.1, 0.15) is 33.3 Å². The van der Waals surface area contributed by atoms with Gasteiger partial charge in [-0.1, -0.05) is 30.3 Å². The molecule has 0 bridgehead atoms. The Balaban J connectivity index is 1.99. The highest BCUT2D eigenvalue weighted by atomic mass is 16.5. The summed E-state index contributed by atoms with van der Waals surface area (Å²) in [5.74, 6) is -0.578. The second-order valence-electron chi connectivity index (χ2n) is 5.67. The van der Waals surface area contributed by atoms with Gasteiger partial charge in [-0.2, -0.15) is 0 Å². The Hall–Kier alpha value is -3.34. The van der Waals surface area contributed by atoms with Gasteiger partial charge in [0.05, 0.1) is 12.3 Å². The summed E-state index contributed by atoms with van der Waals surface area (Å²) < 4.78 is 8.81. The number of rotatable bonds is 4. The summed E-state index contributed by atoms with van der Waals surface area (Å²) in [5.41, 5.74) is 2.95. The number of aromatic nitrogens is 2. The van der Waals surface area contributed by atoms with Gasteiger partial charge in [-0.05, 0) is 31.2 Å². The van der Waals surface area contributed by atoms with Gasteiger partial charge in [0, 0.05) is 23.5 Å². The molecule has 0 spiro atoms. The minimum atomic E-state index is -0.437. The molecule has 1 aromatic carbocycles. The molecule has 3 heterocycles. The Bertz CT molecular complexity index is 1090. The lowest BCUT2D eigenvalue weighted by Crippen LogP contribution is -2.06. The quantitative estimate of drug-likeness (QED) is 0.424. The van der Waals surface area contributed by atoms with Crippen LogP contribution in [-0.2, 0) is 4.74 Å². The van der Waals surface area contributed by atoms with E-state index in [4.69, 9.17) is 4.74 Å². The fourth-order valence-electron chi connectivity index (χ4n) is 3.06. The van der Waals surface area contributed by atoms with Crippen molar-refractivity contribution in [3.8, 4) is 0 Å². The number of nitrogens with zero attached hydrogens (tertiary/aromatic N) is 2. The molecule has 3 aromatic heterocycles. The Morgan fingerprint density at radius 2 is 1.76 bits per heavy atom. The highest BCUT2D eigenvalue weighted by molar-refractivity contribution is 6.11. The predicted octanol–water partition coefficient (Wildman–Crippen LogP) is 3.60. The van der Waals surface area contributed by atoms with Crippen molar-refractivity contribution in [1.29, 1.82) is 0 Å². The van der Waals surface area contributed by atoms with Gasteiger partial charge in [0.2, 0.25) is 5.78 Å². The number of hydrogen-bond acceptors (Lipinski definition) is 3. The summed E-state index contributed by atoms with van der Waals surface area (Å²) in [5, 5.41) is 0. The van der Waals surface area contributed by atoms with Crippen molar-refractivity contribution >= 4 is 22.9 Å². The molecule has 0 saturated carbocycles. The fourth-order valence-corrected chi connectivity index (χ4v) is 3.06. The molecule has 0 saturated heterocycles. The van der Waals surface area contributed by atoms with Crippen molar-refractivity contribution in [1.82, 2.24) is 8.80 Å². The molecule has 25 heavy (non-hydrogen) atoms. The van der Waals surface area contributed by atoms with E-state index in [1.165, 1.54) is 0 Å². The lowest BCUT2D eigenvalue weighted by atomic mass is 10.1. The second-order valence-corrected chi connectivity index (χ2v) is 5.67. The SMILES string of the molecule is CCOC(=O)c1cc(C(=O)c2ccccc2)n2ccc3cccn3c12. The van der Waals surface area contributed by atoms with Crippen molar-refractivity contribution in [2.45, 2.75) is 6.92 Å². The first-order chi connectivity index (χ1) is 12.2. The van der Waals surface area contributed by atoms with Crippen LogP contribution in [0, 0.1) is 0 Å². The molecule has 0 atom stereocenters. The molecule has 0 unspecified atom stereocenters. The molecule has 0 N–H and O–H groups in total. The number of carbonyl (C=O) groups excluding carboxylic acids is 2. The Morgan fingerprint density at radius 3 is 2.52 bits per heavy atom. The second kappa shape index (κ2) is 5.94. The molecule has 0 aliphatic heterocycles. The standard InChI is InChI=1S/C20H16N2O3/c1-2-25-20(24)16-13-17(18(23)14-7-4-3-5-8-14)22-12-10-15-9-6-11-21(15)19(16)22/h3-13H,2H2,1H3. The van der Waals surface area contributed by atoms with Crippen molar-refractivity contribution in [3.05, 3.63) is 83.8 Å². The summed E-state index contributed by atoms with van der Waals surface area (Å²) in [6.07, 6.45) is 3.67. The smallest absolute Gasteiger partial charge is 0.341 e. The molecule has 0 aliphatic rings. The molecule has 0 aliphatic carbocycles. The van der Waals surface area contributed by atoms with Crippen molar-refractivity contribution in [3.63, 3.8) is 0 Å².